The number of carbonyl (C=O) groups excluding carboxylic acids is 2. The first-order chi connectivity index (χ1) is 16.9. The molecule has 0 bridgehead atoms. The van der Waals surface area contributed by atoms with E-state index in [4.69, 9.17) is 15.5 Å². The summed E-state index contributed by atoms with van der Waals surface area (Å²) in [6.45, 7) is 3.81. The van der Waals surface area contributed by atoms with E-state index in [9.17, 15) is 9.59 Å². The van der Waals surface area contributed by atoms with Crippen molar-refractivity contribution in [2.75, 3.05) is 11.9 Å². The number of carbonyl (C=O) groups is 2. The fraction of sp³-hybridized carbons (Fsp3) is 0.321. The molecular weight excluding hydrogens is 458 g/mol. The molecule has 2 aromatic carbocycles. The first-order valence-corrected chi connectivity index (χ1v) is 12.8. The first-order valence-electron chi connectivity index (χ1n) is 12.0. The van der Waals surface area contributed by atoms with Gasteiger partial charge in [0.15, 0.2) is 6.61 Å². The summed E-state index contributed by atoms with van der Waals surface area (Å²) in [5, 5.41) is 3.84. The fourth-order valence-electron chi connectivity index (χ4n) is 4.28. The molecule has 0 radical (unpaired) electrons. The highest BCUT2D eigenvalue weighted by Crippen LogP contribution is 2.39. The number of primary amides is 1. The predicted molar refractivity (Wildman–Crippen MR) is 142 cm³/mol. The van der Waals surface area contributed by atoms with E-state index in [0.29, 0.717) is 16.3 Å². The van der Waals surface area contributed by atoms with Crippen LogP contribution in [0.5, 0.6) is 5.75 Å². The lowest BCUT2D eigenvalue weighted by Gasteiger charge is -2.13. The minimum atomic E-state index is -0.541. The maximum atomic E-state index is 13.6. The van der Waals surface area contributed by atoms with Crippen LogP contribution in [-0.2, 0) is 17.6 Å². The van der Waals surface area contributed by atoms with Crippen LogP contribution in [0.25, 0.3) is 0 Å². The molecule has 35 heavy (non-hydrogen) atoms. The number of fused-ring (bicyclic) bond motifs is 1. The van der Waals surface area contributed by atoms with E-state index in [1.54, 1.807) is 23.6 Å². The summed E-state index contributed by atoms with van der Waals surface area (Å²) in [5.74, 6) is -0.145. The average Bonchev–Trinajstić information content (AvgIpc) is 3.15. The van der Waals surface area contributed by atoms with Gasteiger partial charge in [-0.2, -0.15) is 0 Å². The molecule has 0 atom stereocenters. The molecule has 0 saturated carbocycles. The summed E-state index contributed by atoms with van der Waals surface area (Å²) in [5.41, 5.74) is 10.7. The van der Waals surface area contributed by atoms with Gasteiger partial charge in [0.1, 0.15) is 10.8 Å². The predicted octanol–water partition coefficient (Wildman–Crippen LogP) is 5.89. The van der Waals surface area contributed by atoms with Gasteiger partial charge in [0.05, 0.1) is 5.56 Å². The number of aliphatic imine (C=N–C) groups is 1. The van der Waals surface area contributed by atoms with Crippen LogP contribution in [0.2, 0.25) is 0 Å². The van der Waals surface area contributed by atoms with Crippen LogP contribution < -0.4 is 15.8 Å². The van der Waals surface area contributed by atoms with Gasteiger partial charge < -0.3 is 15.8 Å². The molecule has 0 aliphatic heterocycles. The highest BCUT2D eigenvalue weighted by molar-refractivity contribution is 7.16. The molecule has 0 spiro atoms. The van der Waals surface area contributed by atoms with Crippen LogP contribution >= 0.6 is 11.3 Å². The van der Waals surface area contributed by atoms with E-state index in [-0.39, 0.29) is 12.5 Å². The number of anilines is 1. The van der Waals surface area contributed by atoms with Crippen molar-refractivity contribution in [3.05, 3.63) is 75.2 Å². The first kappa shape index (κ1) is 24.7. The van der Waals surface area contributed by atoms with Crippen LogP contribution in [-0.4, -0.2) is 24.6 Å². The number of nitrogens with one attached hydrogen (secondary N) is 1. The topological polar surface area (TPSA) is 93.8 Å². The third kappa shape index (κ3) is 6.17. The number of thiophene rings is 1. The number of rotatable bonds is 7. The van der Waals surface area contributed by atoms with Crippen molar-refractivity contribution in [3.8, 4) is 5.75 Å². The third-order valence-corrected chi connectivity index (χ3v) is 7.33. The van der Waals surface area contributed by atoms with Gasteiger partial charge in [-0.05, 0) is 74.4 Å². The number of nitrogens with two attached hydrogens (primary N) is 1. The van der Waals surface area contributed by atoms with Gasteiger partial charge in [0.2, 0.25) is 0 Å². The number of aryl methyl sites for hydroxylation is 3. The van der Waals surface area contributed by atoms with E-state index >= 15 is 0 Å². The maximum absolute atomic E-state index is 13.6. The molecule has 1 aliphatic carbocycles. The summed E-state index contributed by atoms with van der Waals surface area (Å²) < 4.78 is 5.54. The second kappa shape index (κ2) is 11.3. The van der Waals surface area contributed by atoms with Gasteiger partial charge in [-0.3, -0.25) is 9.59 Å². The van der Waals surface area contributed by atoms with Crippen molar-refractivity contribution in [1.82, 2.24) is 0 Å². The van der Waals surface area contributed by atoms with Gasteiger partial charge in [-0.15, -0.1) is 11.3 Å². The lowest BCUT2D eigenvalue weighted by molar-refractivity contribution is -0.119. The Kier molecular flexibility index (Phi) is 7.98. The number of ether oxygens (including phenoxy) is 1. The highest BCUT2D eigenvalue weighted by atomic mass is 32.1. The molecule has 3 aromatic rings. The Morgan fingerprint density at radius 2 is 1.86 bits per heavy atom. The van der Waals surface area contributed by atoms with Gasteiger partial charge in [0.25, 0.3) is 11.8 Å². The average molecular weight is 490 g/mol. The zero-order chi connectivity index (χ0) is 24.8. The van der Waals surface area contributed by atoms with Crippen molar-refractivity contribution in [3.63, 3.8) is 0 Å². The number of para-hydroxylation sites is 1. The van der Waals surface area contributed by atoms with E-state index < -0.39 is 5.91 Å². The van der Waals surface area contributed by atoms with Crippen LogP contribution in [0, 0.1) is 13.8 Å². The van der Waals surface area contributed by atoms with Crippen LogP contribution in [0.4, 0.5) is 10.7 Å². The Morgan fingerprint density at radius 3 is 2.66 bits per heavy atom. The highest BCUT2D eigenvalue weighted by Gasteiger charge is 2.24. The number of hydrogen-bond acceptors (Lipinski definition) is 5. The minimum Gasteiger partial charge on any atom is -0.483 e. The molecule has 7 heteroatoms. The van der Waals surface area contributed by atoms with Crippen LogP contribution in [0.3, 0.4) is 0 Å². The summed E-state index contributed by atoms with van der Waals surface area (Å²) >= 11 is 1.60. The van der Waals surface area contributed by atoms with Crippen LogP contribution in [0.15, 0.2) is 47.5 Å². The smallest absolute Gasteiger partial charge is 0.259 e. The number of nitrogens with zero attached hydrogens (tertiary/aromatic N) is 1. The zero-order valence-corrected chi connectivity index (χ0v) is 21.0. The summed E-state index contributed by atoms with van der Waals surface area (Å²) in [7, 11) is 0. The van der Waals surface area contributed by atoms with Crippen molar-refractivity contribution in [2.45, 2.75) is 52.4 Å². The Balaban J connectivity index is 1.71. The fourth-order valence-corrected chi connectivity index (χ4v) is 5.51. The van der Waals surface area contributed by atoms with Gasteiger partial charge >= 0.3 is 0 Å². The number of hydrogen-bond donors (Lipinski definition) is 2. The van der Waals surface area contributed by atoms with Crippen molar-refractivity contribution < 1.29 is 14.3 Å². The normalized spacial score (nSPS) is 13.7. The lowest BCUT2D eigenvalue weighted by atomic mass is 9.96. The molecule has 4 rings (SSSR count). The molecule has 3 N–H and O–H groups in total. The standard InChI is InChI=1S/C28H31N3O3S/c1-18-13-14-19(2)22(15-18)31-27(33)26-21-10-5-3-4-6-12-24(21)35-28(26)30-16-20-9-7-8-11-23(20)34-17-25(29)32/h7-9,11,13-16H,3-6,10,12,17H2,1-2H3,(H2,29,32)(H,31,33). The summed E-state index contributed by atoms with van der Waals surface area (Å²) in [6.07, 6.45) is 8.14. The summed E-state index contributed by atoms with van der Waals surface area (Å²) in [4.78, 5) is 30.8. The van der Waals surface area contributed by atoms with E-state index in [2.05, 4.69) is 5.32 Å². The lowest BCUT2D eigenvalue weighted by Crippen LogP contribution is -2.20. The van der Waals surface area contributed by atoms with Gasteiger partial charge in [0, 0.05) is 22.3 Å². The number of amides is 2. The maximum Gasteiger partial charge on any atom is 0.259 e. The van der Waals surface area contributed by atoms with Gasteiger partial charge in [-0.1, -0.05) is 37.1 Å². The quantitative estimate of drug-likeness (QED) is 0.405. The molecule has 1 aliphatic rings. The molecule has 6 nitrogen and oxygen atoms in total. The Labute approximate surface area is 210 Å². The molecule has 2 amide bonds. The second-order valence-corrected chi connectivity index (χ2v) is 10.0. The monoisotopic (exact) mass is 489 g/mol. The second-order valence-electron chi connectivity index (χ2n) is 8.92. The molecular formula is C28H31N3O3S. The van der Waals surface area contributed by atoms with Crippen molar-refractivity contribution >= 4 is 40.1 Å². The molecule has 0 unspecified atom stereocenters. The summed E-state index contributed by atoms with van der Waals surface area (Å²) in [6, 6.07) is 13.4. The molecule has 182 valence electrons. The number of benzene rings is 2. The molecule has 1 heterocycles. The van der Waals surface area contributed by atoms with E-state index in [1.165, 1.54) is 17.7 Å². The third-order valence-electron chi connectivity index (χ3n) is 6.13. The van der Waals surface area contributed by atoms with E-state index in [1.807, 2.05) is 50.2 Å². The van der Waals surface area contributed by atoms with Crippen molar-refractivity contribution in [1.29, 1.82) is 0 Å². The molecule has 0 fully saturated rings. The van der Waals surface area contributed by atoms with Gasteiger partial charge in [-0.25, -0.2) is 4.99 Å². The SMILES string of the molecule is Cc1ccc(C)c(NC(=O)c2c(N=Cc3ccccc3OCC(N)=O)sc3c2CCCCCC3)c1. The molecule has 1 aromatic heterocycles. The zero-order valence-electron chi connectivity index (χ0n) is 20.2. The van der Waals surface area contributed by atoms with Crippen molar-refractivity contribution in [2.24, 2.45) is 10.7 Å². The largest absolute Gasteiger partial charge is 0.483 e. The minimum absolute atomic E-state index is 0.123. The Bertz CT molecular complexity index is 1260. The Morgan fingerprint density at radius 1 is 1.09 bits per heavy atom. The van der Waals surface area contributed by atoms with E-state index in [0.717, 1.165) is 53.6 Å². The van der Waals surface area contributed by atoms with Crippen LogP contribution in [0.1, 0.15) is 63.2 Å². The Hall–Kier alpha value is -3.45. The molecule has 0 saturated heterocycles.